The smallest absolute Gasteiger partial charge is 0.203 e. The van der Waals surface area contributed by atoms with Crippen molar-refractivity contribution in [2.45, 2.75) is 79.1 Å². The standard InChI is InChI=1S/C36H52N2O6/c1-5-9-17-37(18-10-6-2)27-13-15-29(31(25-27)43-23-21-39)33-35(41)34(36(33)42)30-16-14-28(26-32(30)44-24-22-40)38(19-11-7-3)20-12-8-4/h13-16,25-26,39-40H,5-12,17-24H2,1-4H3/p+1. The van der Waals surface area contributed by atoms with Crippen LogP contribution in [0.5, 0.6) is 5.75 Å². The highest BCUT2D eigenvalue weighted by Gasteiger charge is 2.40. The third kappa shape index (κ3) is 8.85. The lowest BCUT2D eigenvalue weighted by molar-refractivity contribution is -0.527. The second-order valence-corrected chi connectivity index (χ2v) is 11.3. The molecule has 0 atom stereocenters. The number of rotatable bonds is 20. The maximum atomic E-state index is 13.7. The lowest BCUT2D eigenvalue weighted by atomic mass is 9.79. The van der Waals surface area contributed by atoms with Crippen molar-refractivity contribution in [3.05, 3.63) is 64.7 Å². The van der Waals surface area contributed by atoms with Gasteiger partial charge in [0.2, 0.25) is 11.5 Å². The fourth-order valence-electron chi connectivity index (χ4n) is 5.42. The topological polar surface area (TPSA) is 102 Å². The maximum absolute atomic E-state index is 13.7. The van der Waals surface area contributed by atoms with Crippen LogP contribution in [0.2, 0.25) is 0 Å². The minimum absolute atomic E-state index is 0.0757. The molecule has 0 aliphatic heterocycles. The number of ketones is 1. The Bertz CT molecular complexity index is 1260. The molecular weight excluding hydrogens is 556 g/mol. The first-order valence-electron chi connectivity index (χ1n) is 16.6. The summed E-state index contributed by atoms with van der Waals surface area (Å²) in [6, 6.07) is 5.72. The Labute approximate surface area is 263 Å². The number of aliphatic hydroxyl groups excluding tert-OH is 3. The Kier molecular flexibility index (Phi) is 14.7. The van der Waals surface area contributed by atoms with Crippen LogP contribution in [0.1, 0.15) is 84.6 Å². The molecule has 0 saturated carbocycles. The summed E-state index contributed by atoms with van der Waals surface area (Å²) < 4.78 is 14.2. The van der Waals surface area contributed by atoms with Crippen LogP contribution in [0.25, 0.3) is 5.57 Å². The Morgan fingerprint density at radius 3 is 1.98 bits per heavy atom. The third-order valence-electron chi connectivity index (χ3n) is 7.95. The molecule has 0 heterocycles. The Hall–Kier alpha value is -3.36. The number of hydrogen-bond acceptors (Lipinski definition) is 7. The zero-order chi connectivity index (χ0) is 31.9. The fourth-order valence-corrected chi connectivity index (χ4v) is 5.42. The molecule has 44 heavy (non-hydrogen) atoms. The molecule has 2 aliphatic carbocycles. The predicted octanol–water partition coefficient (Wildman–Crippen LogP) is 6.13. The van der Waals surface area contributed by atoms with Gasteiger partial charge in [-0.25, -0.2) is 4.58 Å². The maximum Gasteiger partial charge on any atom is 0.203 e. The van der Waals surface area contributed by atoms with Crippen LogP contribution in [0.15, 0.2) is 59.1 Å². The third-order valence-corrected chi connectivity index (χ3v) is 7.95. The van der Waals surface area contributed by atoms with Crippen molar-refractivity contribution in [2.24, 2.45) is 0 Å². The molecule has 0 bridgehead atoms. The van der Waals surface area contributed by atoms with Gasteiger partial charge in [-0.2, -0.15) is 0 Å². The highest BCUT2D eigenvalue weighted by Crippen LogP contribution is 2.44. The average molecular weight is 610 g/mol. The zero-order valence-electron chi connectivity index (χ0n) is 27.2. The number of anilines is 1. The van der Waals surface area contributed by atoms with E-state index in [1.807, 2.05) is 36.4 Å². The second-order valence-electron chi connectivity index (χ2n) is 11.3. The zero-order valence-corrected chi connectivity index (χ0v) is 27.2. The van der Waals surface area contributed by atoms with Crippen LogP contribution < -0.4 is 9.64 Å². The molecule has 0 radical (unpaired) electrons. The van der Waals surface area contributed by atoms with Crippen LogP contribution in [-0.4, -0.2) is 84.0 Å². The van der Waals surface area contributed by atoms with Gasteiger partial charge in [0.05, 0.1) is 30.4 Å². The van der Waals surface area contributed by atoms with Crippen molar-refractivity contribution >= 4 is 22.8 Å². The number of allylic oxidation sites excluding steroid dienone is 5. The molecule has 242 valence electrons. The highest BCUT2D eigenvalue weighted by atomic mass is 16.5. The van der Waals surface area contributed by atoms with Gasteiger partial charge >= 0.3 is 0 Å². The van der Waals surface area contributed by atoms with Gasteiger partial charge in [-0.1, -0.05) is 53.4 Å². The van der Waals surface area contributed by atoms with Crippen LogP contribution in [0.4, 0.5) is 5.69 Å². The van der Waals surface area contributed by atoms with E-state index in [4.69, 9.17) is 9.47 Å². The molecular formula is C36H53N2O6+. The molecule has 0 saturated heterocycles. The van der Waals surface area contributed by atoms with Gasteiger partial charge < -0.3 is 29.7 Å². The molecule has 3 N–H and O–H groups in total. The number of ether oxygens (including phenoxy) is 2. The van der Waals surface area contributed by atoms with Gasteiger partial charge in [-0.05, 0) is 31.1 Å². The number of carbonyl (C=O) groups is 1. The van der Waals surface area contributed by atoms with E-state index in [9.17, 15) is 20.1 Å². The average Bonchev–Trinajstić information content (AvgIpc) is 3.04. The van der Waals surface area contributed by atoms with Gasteiger partial charge in [-0.3, -0.25) is 4.79 Å². The number of unbranched alkanes of at least 4 members (excludes halogenated alkanes) is 4. The Balaban J connectivity index is 2.06. The predicted molar refractivity (Wildman–Crippen MR) is 178 cm³/mol. The molecule has 3 rings (SSSR count). The van der Waals surface area contributed by atoms with Crippen LogP contribution in [-0.2, 0) is 9.53 Å². The van der Waals surface area contributed by atoms with Crippen molar-refractivity contribution in [1.29, 1.82) is 0 Å². The van der Waals surface area contributed by atoms with Crippen molar-refractivity contribution in [3.8, 4) is 5.75 Å². The summed E-state index contributed by atoms with van der Waals surface area (Å²) in [7, 11) is 0. The molecule has 0 spiro atoms. The number of hydrogen-bond donors (Lipinski definition) is 3. The number of Topliss-reactive ketones (excluding diaryl/α,β-unsaturated/α-hetero) is 1. The minimum atomic E-state index is -0.298. The Morgan fingerprint density at radius 2 is 1.41 bits per heavy atom. The van der Waals surface area contributed by atoms with E-state index in [2.05, 4.69) is 37.2 Å². The van der Waals surface area contributed by atoms with E-state index in [0.29, 0.717) is 22.6 Å². The van der Waals surface area contributed by atoms with Crippen molar-refractivity contribution in [3.63, 3.8) is 0 Å². The van der Waals surface area contributed by atoms with Crippen LogP contribution >= 0.6 is 0 Å². The van der Waals surface area contributed by atoms with Crippen molar-refractivity contribution in [1.82, 2.24) is 0 Å². The number of nitrogens with zero attached hydrogens (tertiary/aromatic N) is 2. The van der Waals surface area contributed by atoms with Crippen LogP contribution in [0.3, 0.4) is 0 Å². The van der Waals surface area contributed by atoms with E-state index in [-0.39, 0.29) is 49.1 Å². The van der Waals surface area contributed by atoms with Gasteiger partial charge in [-0.15, -0.1) is 0 Å². The minimum Gasteiger partial charge on any atom is -0.506 e. The van der Waals surface area contributed by atoms with Crippen molar-refractivity contribution < 1.29 is 34.2 Å². The summed E-state index contributed by atoms with van der Waals surface area (Å²) in [5.74, 6) is 0.505. The molecule has 2 aliphatic rings. The molecule has 8 heteroatoms. The summed E-state index contributed by atoms with van der Waals surface area (Å²) in [5.41, 5.74) is 3.37. The van der Waals surface area contributed by atoms with E-state index in [1.54, 1.807) is 0 Å². The second kappa shape index (κ2) is 18.4. The molecule has 1 aromatic rings. The molecule has 0 aromatic heterocycles. The number of benzene rings is 1. The Morgan fingerprint density at radius 1 is 0.795 bits per heavy atom. The normalized spacial score (nSPS) is 16.3. The monoisotopic (exact) mass is 609 g/mol. The van der Waals surface area contributed by atoms with E-state index in [0.717, 1.165) is 88.9 Å². The largest absolute Gasteiger partial charge is 0.506 e. The molecule has 0 amide bonds. The molecule has 1 aromatic carbocycles. The first kappa shape index (κ1) is 35.1. The first-order valence-corrected chi connectivity index (χ1v) is 16.6. The SMILES string of the molecule is CCCCN(CCCC)c1ccc(C2=C(O)C(=C3C=CC(=[N+](CCCC)CCCC)C=C3OCCO)C2=O)c(OCCO)c1. The van der Waals surface area contributed by atoms with Gasteiger partial charge in [0.1, 0.15) is 43.6 Å². The summed E-state index contributed by atoms with van der Waals surface area (Å²) in [4.78, 5) is 16.1. The number of aliphatic hydroxyl groups is 3. The van der Waals surface area contributed by atoms with E-state index in [1.165, 1.54) is 0 Å². The molecule has 0 unspecified atom stereocenters. The fraction of sp³-hybridized carbons (Fsp3) is 0.556. The number of carbonyl (C=O) groups excluding carboxylic acids is 1. The van der Waals surface area contributed by atoms with Crippen molar-refractivity contribution in [2.75, 3.05) is 57.5 Å². The van der Waals surface area contributed by atoms with E-state index < -0.39 is 0 Å². The lowest BCUT2D eigenvalue weighted by Gasteiger charge is -2.29. The summed E-state index contributed by atoms with van der Waals surface area (Å²) >= 11 is 0. The molecule has 8 nitrogen and oxygen atoms in total. The first-order chi connectivity index (χ1) is 21.4. The van der Waals surface area contributed by atoms with Gasteiger partial charge in [0, 0.05) is 54.9 Å². The quantitative estimate of drug-likeness (QED) is 0.121. The lowest BCUT2D eigenvalue weighted by Crippen LogP contribution is -2.27. The summed E-state index contributed by atoms with van der Waals surface area (Å²) in [5, 5.41) is 30.3. The summed E-state index contributed by atoms with van der Waals surface area (Å²) in [6.07, 6.45) is 14.3. The highest BCUT2D eigenvalue weighted by molar-refractivity contribution is 6.40. The van der Waals surface area contributed by atoms with E-state index >= 15 is 0 Å². The van der Waals surface area contributed by atoms with Gasteiger partial charge in [0.25, 0.3) is 0 Å². The van der Waals surface area contributed by atoms with Gasteiger partial charge in [0.15, 0.2) is 0 Å². The van der Waals surface area contributed by atoms with Crippen LogP contribution in [0, 0.1) is 0 Å². The molecule has 0 fully saturated rings. The summed E-state index contributed by atoms with van der Waals surface area (Å²) in [6.45, 7) is 12.2.